The number of halogens is 1. The molecule has 21 heavy (non-hydrogen) atoms. The molecule has 1 N–H and O–H groups in total. The quantitative estimate of drug-likeness (QED) is 0.785. The van der Waals surface area contributed by atoms with Gasteiger partial charge in [-0.05, 0) is 38.2 Å². The van der Waals surface area contributed by atoms with Crippen LogP contribution in [0.2, 0.25) is 5.02 Å². The maximum atomic E-state index is 6.08. The number of morpholine rings is 1. The van der Waals surface area contributed by atoms with Crippen molar-refractivity contribution in [1.82, 2.24) is 10.2 Å². The highest BCUT2D eigenvalue weighted by molar-refractivity contribution is 6.30. The summed E-state index contributed by atoms with van der Waals surface area (Å²) in [6.07, 6.45) is 1.25. The van der Waals surface area contributed by atoms with Crippen molar-refractivity contribution >= 4 is 11.6 Å². The van der Waals surface area contributed by atoms with Gasteiger partial charge in [-0.2, -0.15) is 0 Å². The molecule has 0 radical (unpaired) electrons. The van der Waals surface area contributed by atoms with Crippen LogP contribution in [0.15, 0.2) is 18.2 Å². The summed E-state index contributed by atoms with van der Waals surface area (Å²) in [5, 5.41) is 4.13. The first-order chi connectivity index (χ1) is 10.2. The largest absolute Gasteiger partial charge is 0.490 e. The predicted molar refractivity (Wildman–Crippen MR) is 86.2 cm³/mol. The smallest absolute Gasteiger partial charge is 0.124 e. The van der Waals surface area contributed by atoms with Gasteiger partial charge in [-0.25, -0.2) is 0 Å². The maximum absolute atomic E-state index is 6.08. The van der Waals surface area contributed by atoms with Crippen molar-refractivity contribution in [3.63, 3.8) is 0 Å². The van der Waals surface area contributed by atoms with E-state index in [9.17, 15) is 0 Å². The highest BCUT2D eigenvalue weighted by Gasteiger charge is 2.18. The summed E-state index contributed by atoms with van der Waals surface area (Å²) in [7, 11) is 2.11. The van der Waals surface area contributed by atoms with Gasteiger partial charge in [0.2, 0.25) is 0 Å². The molecule has 0 aromatic heterocycles. The number of nitrogens with zero attached hydrogens (tertiary/aromatic N) is 1. The molecule has 0 saturated carbocycles. The Morgan fingerprint density at radius 3 is 3.10 bits per heavy atom. The average molecular weight is 313 g/mol. The second-order valence-corrected chi connectivity index (χ2v) is 5.93. The van der Waals surface area contributed by atoms with Crippen LogP contribution in [0.3, 0.4) is 0 Å². The minimum atomic E-state index is 0.135. The Kier molecular flexibility index (Phi) is 6.77. The molecule has 1 fully saturated rings. The van der Waals surface area contributed by atoms with E-state index in [1.54, 1.807) is 0 Å². The van der Waals surface area contributed by atoms with Crippen LogP contribution >= 0.6 is 11.6 Å². The average Bonchev–Trinajstić information content (AvgIpc) is 2.47. The molecule has 1 heterocycles. The Labute approximate surface area is 132 Å². The van der Waals surface area contributed by atoms with Crippen LogP contribution in [0.4, 0.5) is 0 Å². The summed E-state index contributed by atoms with van der Waals surface area (Å²) in [6, 6.07) is 5.78. The molecule has 1 aromatic carbocycles. The second-order valence-electron chi connectivity index (χ2n) is 5.49. The lowest BCUT2D eigenvalue weighted by Crippen LogP contribution is -2.42. The van der Waals surface area contributed by atoms with Crippen molar-refractivity contribution in [3.8, 4) is 5.75 Å². The SMILES string of the molecule is CCCNCc1cc(Cl)ccc1OCC1CN(C)CCO1. The zero-order valence-electron chi connectivity index (χ0n) is 12.9. The van der Waals surface area contributed by atoms with Crippen molar-refractivity contribution in [2.75, 3.05) is 39.9 Å². The fourth-order valence-corrected chi connectivity index (χ4v) is 2.57. The molecule has 0 bridgehead atoms. The van der Waals surface area contributed by atoms with Gasteiger partial charge < -0.3 is 19.7 Å². The summed E-state index contributed by atoms with van der Waals surface area (Å²) in [5.41, 5.74) is 1.10. The van der Waals surface area contributed by atoms with Gasteiger partial charge in [0.15, 0.2) is 0 Å². The van der Waals surface area contributed by atoms with E-state index < -0.39 is 0 Å². The fourth-order valence-electron chi connectivity index (χ4n) is 2.38. The van der Waals surface area contributed by atoms with Crippen molar-refractivity contribution in [2.45, 2.75) is 26.0 Å². The number of nitrogens with one attached hydrogen (secondary N) is 1. The van der Waals surface area contributed by atoms with E-state index in [0.29, 0.717) is 6.61 Å². The minimum absolute atomic E-state index is 0.135. The van der Waals surface area contributed by atoms with Gasteiger partial charge in [-0.1, -0.05) is 18.5 Å². The monoisotopic (exact) mass is 312 g/mol. The van der Waals surface area contributed by atoms with Crippen molar-refractivity contribution < 1.29 is 9.47 Å². The molecule has 0 aliphatic carbocycles. The third-order valence-electron chi connectivity index (χ3n) is 3.53. The predicted octanol–water partition coefficient (Wildman–Crippen LogP) is 2.55. The zero-order valence-corrected chi connectivity index (χ0v) is 13.7. The van der Waals surface area contributed by atoms with E-state index in [1.165, 1.54) is 0 Å². The molecule has 5 heteroatoms. The van der Waals surface area contributed by atoms with E-state index >= 15 is 0 Å². The molecule has 4 nitrogen and oxygen atoms in total. The number of rotatable bonds is 7. The number of benzene rings is 1. The molecular formula is C16H25ClN2O2. The highest BCUT2D eigenvalue weighted by Crippen LogP contribution is 2.23. The summed E-state index contributed by atoms with van der Waals surface area (Å²) in [6.45, 7) is 7.17. The van der Waals surface area contributed by atoms with E-state index in [0.717, 1.165) is 55.5 Å². The first-order valence-electron chi connectivity index (χ1n) is 7.61. The van der Waals surface area contributed by atoms with Gasteiger partial charge in [0, 0.05) is 30.2 Å². The Balaban J connectivity index is 1.91. The van der Waals surface area contributed by atoms with Gasteiger partial charge in [0.05, 0.1) is 6.61 Å². The van der Waals surface area contributed by atoms with Crippen LogP contribution in [-0.2, 0) is 11.3 Å². The third kappa shape index (κ3) is 5.47. The van der Waals surface area contributed by atoms with Crippen molar-refractivity contribution in [3.05, 3.63) is 28.8 Å². The van der Waals surface area contributed by atoms with E-state index in [4.69, 9.17) is 21.1 Å². The fraction of sp³-hybridized carbons (Fsp3) is 0.625. The van der Waals surface area contributed by atoms with Crippen LogP contribution in [0, 0.1) is 0 Å². The van der Waals surface area contributed by atoms with E-state index in [2.05, 4.69) is 24.2 Å². The van der Waals surface area contributed by atoms with Crippen LogP contribution < -0.4 is 10.1 Å². The Bertz CT molecular complexity index is 442. The standard InChI is InChI=1S/C16H25ClN2O2/c1-3-6-18-10-13-9-14(17)4-5-16(13)21-12-15-11-19(2)7-8-20-15/h4-5,9,15,18H,3,6-8,10-12H2,1-2H3. The molecule has 1 aromatic rings. The lowest BCUT2D eigenvalue weighted by molar-refractivity contribution is -0.0404. The summed E-state index contributed by atoms with van der Waals surface area (Å²) >= 11 is 6.08. The first kappa shape index (κ1) is 16.6. The van der Waals surface area contributed by atoms with Crippen LogP contribution in [0.1, 0.15) is 18.9 Å². The molecule has 1 aliphatic rings. The Morgan fingerprint density at radius 1 is 1.48 bits per heavy atom. The number of hydrogen-bond donors (Lipinski definition) is 1. The molecule has 2 rings (SSSR count). The summed E-state index contributed by atoms with van der Waals surface area (Å²) in [4.78, 5) is 2.27. The summed E-state index contributed by atoms with van der Waals surface area (Å²) < 4.78 is 11.7. The third-order valence-corrected chi connectivity index (χ3v) is 3.77. The number of hydrogen-bond acceptors (Lipinski definition) is 4. The Hall–Kier alpha value is -0.810. The van der Waals surface area contributed by atoms with Crippen LogP contribution in [0.5, 0.6) is 5.75 Å². The molecule has 0 amide bonds. The lowest BCUT2D eigenvalue weighted by Gasteiger charge is -2.30. The number of ether oxygens (including phenoxy) is 2. The molecular weight excluding hydrogens is 288 g/mol. The topological polar surface area (TPSA) is 33.7 Å². The number of likely N-dealkylation sites (N-methyl/N-ethyl adjacent to an activating group) is 1. The minimum Gasteiger partial charge on any atom is -0.490 e. The highest BCUT2D eigenvalue weighted by atomic mass is 35.5. The van der Waals surface area contributed by atoms with Crippen LogP contribution in [0.25, 0.3) is 0 Å². The van der Waals surface area contributed by atoms with Gasteiger partial charge in [0.25, 0.3) is 0 Å². The van der Waals surface area contributed by atoms with Crippen molar-refractivity contribution in [2.24, 2.45) is 0 Å². The maximum Gasteiger partial charge on any atom is 0.124 e. The van der Waals surface area contributed by atoms with Gasteiger partial charge in [0.1, 0.15) is 18.5 Å². The van der Waals surface area contributed by atoms with Crippen LogP contribution in [-0.4, -0.2) is 50.9 Å². The van der Waals surface area contributed by atoms with E-state index in [1.807, 2.05) is 18.2 Å². The molecule has 118 valence electrons. The molecule has 0 spiro atoms. The van der Waals surface area contributed by atoms with E-state index in [-0.39, 0.29) is 6.10 Å². The van der Waals surface area contributed by atoms with Crippen molar-refractivity contribution in [1.29, 1.82) is 0 Å². The molecule has 1 unspecified atom stereocenters. The lowest BCUT2D eigenvalue weighted by atomic mass is 10.2. The zero-order chi connectivity index (χ0) is 15.1. The molecule has 1 saturated heterocycles. The van der Waals surface area contributed by atoms with Gasteiger partial charge >= 0.3 is 0 Å². The second kappa shape index (κ2) is 8.59. The Morgan fingerprint density at radius 2 is 2.33 bits per heavy atom. The first-order valence-corrected chi connectivity index (χ1v) is 7.99. The normalized spacial score (nSPS) is 19.7. The molecule has 1 aliphatic heterocycles. The summed E-state index contributed by atoms with van der Waals surface area (Å²) in [5.74, 6) is 0.889. The van der Waals surface area contributed by atoms with Gasteiger partial charge in [-0.3, -0.25) is 0 Å². The van der Waals surface area contributed by atoms with Gasteiger partial charge in [-0.15, -0.1) is 0 Å². The molecule has 1 atom stereocenters.